The smallest absolute Gasteiger partial charge is 0.309 e. The molecule has 0 aliphatic carbocycles. The van der Waals surface area contributed by atoms with E-state index < -0.39 is 0 Å². The Morgan fingerprint density at radius 3 is 1.38 bits per heavy atom. The molecule has 0 atom stereocenters. The summed E-state index contributed by atoms with van der Waals surface area (Å²) in [5.41, 5.74) is -0.307. The van der Waals surface area contributed by atoms with Crippen LogP contribution in [0.4, 0.5) is 0 Å². The molecule has 0 bridgehead atoms. The van der Waals surface area contributed by atoms with Crippen molar-refractivity contribution in [1.82, 2.24) is 4.90 Å². The van der Waals surface area contributed by atoms with Gasteiger partial charge in [0, 0.05) is 6.42 Å². The van der Waals surface area contributed by atoms with Gasteiger partial charge in [0.05, 0.1) is 26.1 Å². The van der Waals surface area contributed by atoms with E-state index in [1.54, 1.807) is 0 Å². The number of esters is 3. The van der Waals surface area contributed by atoms with Crippen LogP contribution in [-0.4, -0.2) is 62.8 Å². The fourth-order valence-electron chi connectivity index (χ4n) is 5.84. The molecule has 292 valence electrons. The van der Waals surface area contributed by atoms with Gasteiger partial charge in [-0.2, -0.15) is 0 Å². The fraction of sp³-hybridized carbons (Fsp3) is 0.837. The van der Waals surface area contributed by atoms with Crippen LogP contribution in [0.5, 0.6) is 0 Å². The first kappa shape index (κ1) is 47.8. The number of ether oxygens (including phenoxy) is 3. The summed E-state index contributed by atoms with van der Waals surface area (Å²) in [5.74, 6) is -0.500. The number of hydrogen-bond donors (Lipinski definition) is 0. The zero-order valence-electron chi connectivity index (χ0n) is 34.0. The highest BCUT2D eigenvalue weighted by Crippen LogP contribution is 2.31. The minimum absolute atomic E-state index is 0.147. The monoisotopic (exact) mass is 706 g/mol. The number of nitrogens with zero attached hydrogens (tertiary/aromatic N) is 1. The molecule has 0 saturated carbocycles. The maximum absolute atomic E-state index is 12.8. The van der Waals surface area contributed by atoms with E-state index in [1.165, 1.54) is 64.2 Å². The first-order chi connectivity index (χ1) is 23.8. The number of rotatable bonds is 33. The van der Waals surface area contributed by atoms with Crippen LogP contribution in [0.15, 0.2) is 24.3 Å². The highest BCUT2D eigenvalue weighted by molar-refractivity contribution is 5.71. The Hall–Kier alpha value is -2.15. The SMILES string of the molecule is CCCCCCCCCOC(=O)C/C=C/C(C)(C)CCC(CCC(C)(C)/C=C/CC(=O)OCCCCCCCCC)OC(=O)CCCN(C)C. The van der Waals surface area contributed by atoms with E-state index in [1.807, 2.05) is 26.2 Å². The van der Waals surface area contributed by atoms with Gasteiger partial charge in [-0.1, -0.05) is 143 Å². The Labute approximate surface area is 308 Å². The summed E-state index contributed by atoms with van der Waals surface area (Å²) >= 11 is 0. The van der Waals surface area contributed by atoms with E-state index >= 15 is 0 Å². The lowest BCUT2D eigenvalue weighted by molar-refractivity contribution is -0.150. The van der Waals surface area contributed by atoms with Crippen LogP contribution >= 0.6 is 0 Å². The van der Waals surface area contributed by atoms with Gasteiger partial charge in [0.25, 0.3) is 0 Å². The third-order valence-corrected chi connectivity index (χ3v) is 9.23. The summed E-state index contributed by atoms with van der Waals surface area (Å²) in [6.45, 7) is 14.9. The number of allylic oxidation sites excluding steroid dienone is 2. The van der Waals surface area contributed by atoms with Crippen LogP contribution in [-0.2, 0) is 28.6 Å². The minimum atomic E-state index is -0.193. The number of carbonyl (C=O) groups excluding carboxylic acids is 3. The van der Waals surface area contributed by atoms with E-state index in [2.05, 4.69) is 58.6 Å². The van der Waals surface area contributed by atoms with E-state index in [0.717, 1.165) is 64.3 Å². The summed E-state index contributed by atoms with van der Waals surface area (Å²) in [6, 6.07) is 0. The number of hydrogen-bond acceptors (Lipinski definition) is 7. The van der Waals surface area contributed by atoms with Gasteiger partial charge in [-0.15, -0.1) is 0 Å². The van der Waals surface area contributed by atoms with Crippen molar-refractivity contribution in [2.45, 2.75) is 189 Å². The number of carbonyl (C=O) groups is 3. The molecule has 0 aromatic rings. The Balaban J connectivity index is 4.81. The Morgan fingerprint density at radius 1 is 0.580 bits per heavy atom. The molecule has 0 unspecified atom stereocenters. The molecule has 0 heterocycles. The zero-order chi connectivity index (χ0) is 37.5. The van der Waals surface area contributed by atoms with Crippen molar-refractivity contribution < 1.29 is 28.6 Å². The molecule has 7 nitrogen and oxygen atoms in total. The molecule has 0 aromatic heterocycles. The molecule has 0 N–H and O–H groups in total. The molecule has 0 aromatic carbocycles. The van der Waals surface area contributed by atoms with Gasteiger partial charge in [0.1, 0.15) is 6.10 Å². The Morgan fingerprint density at radius 2 is 0.980 bits per heavy atom. The molecule has 50 heavy (non-hydrogen) atoms. The van der Waals surface area contributed by atoms with Gasteiger partial charge in [-0.05, 0) is 76.4 Å². The second kappa shape index (κ2) is 30.5. The van der Waals surface area contributed by atoms with Crippen molar-refractivity contribution in [3.63, 3.8) is 0 Å². The van der Waals surface area contributed by atoms with Gasteiger partial charge in [0.15, 0.2) is 0 Å². The highest BCUT2D eigenvalue weighted by Gasteiger charge is 2.23. The summed E-state index contributed by atoms with van der Waals surface area (Å²) in [5, 5.41) is 0. The molecule has 7 heteroatoms. The zero-order valence-corrected chi connectivity index (χ0v) is 34.0. The fourth-order valence-corrected chi connectivity index (χ4v) is 5.84. The van der Waals surface area contributed by atoms with E-state index in [9.17, 15) is 14.4 Å². The lowest BCUT2D eigenvalue weighted by Gasteiger charge is -2.27. The van der Waals surface area contributed by atoms with Crippen molar-refractivity contribution in [3.8, 4) is 0 Å². The molecule has 0 aliphatic rings. The topological polar surface area (TPSA) is 82.1 Å². The third-order valence-electron chi connectivity index (χ3n) is 9.23. The summed E-state index contributed by atoms with van der Waals surface area (Å²) in [4.78, 5) is 39.4. The van der Waals surface area contributed by atoms with Gasteiger partial charge < -0.3 is 19.1 Å². The largest absolute Gasteiger partial charge is 0.465 e. The molecule has 0 radical (unpaired) electrons. The maximum atomic E-state index is 12.8. The van der Waals surface area contributed by atoms with Crippen molar-refractivity contribution in [2.24, 2.45) is 10.8 Å². The molecular weight excluding hydrogens is 626 g/mol. The quantitative estimate of drug-likeness (QED) is 0.0291. The second-order valence-corrected chi connectivity index (χ2v) is 16.0. The Kier molecular flexibility index (Phi) is 29.2. The average molecular weight is 706 g/mol. The summed E-state index contributed by atoms with van der Waals surface area (Å²) in [7, 11) is 4.01. The predicted molar refractivity (Wildman–Crippen MR) is 209 cm³/mol. The minimum Gasteiger partial charge on any atom is -0.465 e. The third kappa shape index (κ3) is 31.8. The van der Waals surface area contributed by atoms with E-state index in [-0.39, 0.29) is 47.7 Å². The van der Waals surface area contributed by atoms with Crippen molar-refractivity contribution >= 4 is 17.9 Å². The normalized spacial score (nSPS) is 12.4. The van der Waals surface area contributed by atoms with Crippen molar-refractivity contribution in [1.29, 1.82) is 0 Å². The van der Waals surface area contributed by atoms with Crippen LogP contribution in [0, 0.1) is 10.8 Å². The molecule has 0 spiro atoms. The van der Waals surface area contributed by atoms with Gasteiger partial charge in [-0.25, -0.2) is 0 Å². The molecule has 0 rings (SSSR count). The van der Waals surface area contributed by atoms with Crippen LogP contribution in [0.2, 0.25) is 0 Å². The molecule has 0 saturated heterocycles. The molecular formula is C43H79NO6. The number of unbranched alkanes of at least 4 members (excludes halogenated alkanes) is 12. The highest BCUT2D eigenvalue weighted by atomic mass is 16.5. The van der Waals surface area contributed by atoms with E-state index in [4.69, 9.17) is 14.2 Å². The predicted octanol–water partition coefficient (Wildman–Crippen LogP) is 11.3. The van der Waals surface area contributed by atoms with Crippen molar-refractivity contribution in [3.05, 3.63) is 24.3 Å². The summed E-state index contributed by atoms with van der Waals surface area (Å²) < 4.78 is 16.9. The van der Waals surface area contributed by atoms with Gasteiger partial charge in [0.2, 0.25) is 0 Å². The lowest BCUT2D eigenvalue weighted by atomic mass is 9.82. The lowest BCUT2D eigenvalue weighted by Crippen LogP contribution is -2.24. The second-order valence-electron chi connectivity index (χ2n) is 16.0. The molecule has 0 amide bonds. The van der Waals surface area contributed by atoms with E-state index in [0.29, 0.717) is 19.6 Å². The van der Waals surface area contributed by atoms with Crippen LogP contribution in [0.25, 0.3) is 0 Å². The molecule has 0 aliphatic heterocycles. The maximum Gasteiger partial charge on any atom is 0.309 e. The average Bonchev–Trinajstić information content (AvgIpc) is 3.04. The van der Waals surface area contributed by atoms with Gasteiger partial charge >= 0.3 is 17.9 Å². The molecule has 0 fully saturated rings. The first-order valence-electron chi connectivity index (χ1n) is 20.3. The Bertz CT molecular complexity index is 862. The van der Waals surface area contributed by atoms with Gasteiger partial charge in [-0.3, -0.25) is 14.4 Å². The van der Waals surface area contributed by atoms with Crippen LogP contribution in [0.1, 0.15) is 183 Å². The summed E-state index contributed by atoms with van der Waals surface area (Å²) in [6.07, 6.45) is 29.4. The van der Waals surface area contributed by atoms with Crippen molar-refractivity contribution in [2.75, 3.05) is 33.9 Å². The van der Waals surface area contributed by atoms with Crippen LogP contribution < -0.4 is 0 Å². The standard InChI is InChI=1S/C43H79NO6/c1-9-11-13-15-17-19-21-36-48-39(45)26-23-31-42(3,4)33-29-38(50-41(47)28-25-35-44(7)8)30-34-43(5,6)32-24-27-40(46)49-37-22-20-18-16-14-12-10-2/h23-24,31-32,38H,9-22,25-30,33-37H2,1-8H3/b31-23+,32-24+. The van der Waals surface area contributed by atoms with Crippen LogP contribution in [0.3, 0.4) is 0 Å². The first-order valence-corrected chi connectivity index (χ1v) is 20.3.